The predicted octanol–water partition coefficient (Wildman–Crippen LogP) is 1.43. The van der Waals surface area contributed by atoms with Crippen molar-refractivity contribution >= 4 is 5.91 Å². The van der Waals surface area contributed by atoms with Gasteiger partial charge >= 0.3 is 0 Å². The molecule has 5 heteroatoms. The van der Waals surface area contributed by atoms with E-state index in [0.29, 0.717) is 23.0 Å². The van der Waals surface area contributed by atoms with Gasteiger partial charge < -0.3 is 20.1 Å². The zero-order chi connectivity index (χ0) is 14.5. The van der Waals surface area contributed by atoms with Crippen molar-refractivity contribution in [2.45, 2.75) is 19.4 Å². The fourth-order valence-corrected chi connectivity index (χ4v) is 2.45. The number of rotatable bonds is 5. The molecule has 1 aromatic carbocycles. The van der Waals surface area contributed by atoms with Crippen LogP contribution >= 0.6 is 0 Å². The Morgan fingerprint density at radius 2 is 1.95 bits per heavy atom. The first-order valence-electron chi connectivity index (χ1n) is 6.88. The molecule has 1 aliphatic heterocycles. The van der Waals surface area contributed by atoms with Gasteiger partial charge in [0.25, 0.3) is 5.91 Å². The van der Waals surface area contributed by atoms with Crippen molar-refractivity contribution in [3.63, 3.8) is 0 Å². The molecule has 1 fully saturated rings. The second-order valence-corrected chi connectivity index (χ2v) is 5.12. The van der Waals surface area contributed by atoms with Crippen molar-refractivity contribution in [1.29, 1.82) is 0 Å². The highest BCUT2D eigenvalue weighted by Gasteiger charge is 2.23. The first-order chi connectivity index (χ1) is 9.63. The minimum absolute atomic E-state index is 0.0957. The van der Waals surface area contributed by atoms with Crippen molar-refractivity contribution < 1.29 is 14.3 Å². The number of hydrogen-bond donors (Lipinski definition) is 2. The molecule has 1 amide bonds. The Morgan fingerprint density at radius 3 is 2.45 bits per heavy atom. The summed E-state index contributed by atoms with van der Waals surface area (Å²) in [5.41, 5.74) is 0.555. The van der Waals surface area contributed by atoms with E-state index in [1.807, 2.05) is 6.92 Å². The van der Waals surface area contributed by atoms with E-state index in [-0.39, 0.29) is 11.9 Å². The fraction of sp³-hybridized carbons (Fsp3) is 0.533. The zero-order valence-corrected chi connectivity index (χ0v) is 12.2. The first-order valence-corrected chi connectivity index (χ1v) is 6.88. The predicted molar refractivity (Wildman–Crippen MR) is 77.5 cm³/mol. The van der Waals surface area contributed by atoms with E-state index in [9.17, 15) is 4.79 Å². The van der Waals surface area contributed by atoms with E-state index in [0.717, 1.165) is 19.5 Å². The molecule has 0 aliphatic carbocycles. The molecule has 0 saturated carbocycles. The Morgan fingerprint density at radius 1 is 1.30 bits per heavy atom. The van der Waals surface area contributed by atoms with E-state index in [2.05, 4.69) is 10.6 Å². The summed E-state index contributed by atoms with van der Waals surface area (Å²) in [6.07, 6.45) is 1.10. The molecule has 2 rings (SSSR count). The minimum Gasteiger partial charge on any atom is -0.497 e. The van der Waals surface area contributed by atoms with Crippen LogP contribution in [0.15, 0.2) is 18.2 Å². The number of hydrogen-bond acceptors (Lipinski definition) is 4. The second kappa shape index (κ2) is 6.61. The molecule has 110 valence electrons. The lowest BCUT2D eigenvalue weighted by molar-refractivity contribution is 0.0928. The van der Waals surface area contributed by atoms with Crippen LogP contribution < -0.4 is 20.1 Å². The number of benzene rings is 1. The number of ether oxygens (including phenoxy) is 2. The van der Waals surface area contributed by atoms with E-state index >= 15 is 0 Å². The lowest BCUT2D eigenvalue weighted by Gasteiger charge is -2.20. The van der Waals surface area contributed by atoms with Gasteiger partial charge in [0.05, 0.1) is 14.2 Å². The molecule has 2 N–H and O–H groups in total. The molecule has 0 spiro atoms. The summed E-state index contributed by atoms with van der Waals surface area (Å²) in [6, 6.07) is 5.34. The van der Waals surface area contributed by atoms with Crippen LogP contribution in [-0.4, -0.2) is 39.3 Å². The van der Waals surface area contributed by atoms with Gasteiger partial charge in [0.1, 0.15) is 11.5 Å². The number of nitrogens with one attached hydrogen (secondary N) is 2. The van der Waals surface area contributed by atoms with Crippen LogP contribution in [-0.2, 0) is 0 Å². The standard InChI is InChI=1S/C15H22N2O3/c1-10(11-4-5-16-9-11)17-15(18)12-6-13(19-2)8-14(7-12)20-3/h6-8,10-11,16H,4-5,9H2,1-3H3,(H,17,18). The molecule has 1 heterocycles. The number of carbonyl (C=O) groups is 1. The van der Waals surface area contributed by atoms with Crippen LogP contribution in [0.4, 0.5) is 0 Å². The Balaban J connectivity index is 2.07. The number of methoxy groups -OCH3 is 2. The highest BCUT2D eigenvalue weighted by Crippen LogP contribution is 2.23. The molecule has 0 aromatic heterocycles. The molecule has 1 saturated heterocycles. The van der Waals surface area contributed by atoms with Crippen molar-refractivity contribution in [3.05, 3.63) is 23.8 Å². The maximum atomic E-state index is 12.3. The van der Waals surface area contributed by atoms with E-state index in [1.54, 1.807) is 32.4 Å². The van der Waals surface area contributed by atoms with Crippen LogP contribution in [0.2, 0.25) is 0 Å². The van der Waals surface area contributed by atoms with Gasteiger partial charge in [0.2, 0.25) is 0 Å². The van der Waals surface area contributed by atoms with Gasteiger partial charge in [0, 0.05) is 17.7 Å². The van der Waals surface area contributed by atoms with Crippen molar-refractivity contribution in [2.75, 3.05) is 27.3 Å². The number of amides is 1. The normalized spacial score (nSPS) is 19.4. The Bertz CT molecular complexity index is 448. The molecular formula is C15H22N2O3. The average Bonchev–Trinajstić information content (AvgIpc) is 3.00. The summed E-state index contributed by atoms with van der Waals surface area (Å²) >= 11 is 0. The molecule has 1 aromatic rings. The van der Waals surface area contributed by atoms with Gasteiger partial charge in [-0.2, -0.15) is 0 Å². The number of carbonyl (C=O) groups excluding carboxylic acids is 1. The average molecular weight is 278 g/mol. The molecule has 1 aliphatic rings. The minimum atomic E-state index is -0.0957. The van der Waals surface area contributed by atoms with Crippen LogP contribution in [0.3, 0.4) is 0 Å². The van der Waals surface area contributed by atoms with Gasteiger partial charge in [0.15, 0.2) is 0 Å². The SMILES string of the molecule is COc1cc(OC)cc(C(=O)NC(C)C2CCNC2)c1. The van der Waals surface area contributed by atoms with Crippen LogP contribution in [0.5, 0.6) is 11.5 Å². The van der Waals surface area contributed by atoms with Crippen LogP contribution in [0.1, 0.15) is 23.7 Å². The lowest BCUT2D eigenvalue weighted by atomic mass is 10.0. The molecule has 20 heavy (non-hydrogen) atoms. The largest absolute Gasteiger partial charge is 0.497 e. The van der Waals surface area contributed by atoms with E-state index < -0.39 is 0 Å². The third-order valence-electron chi connectivity index (χ3n) is 3.78. The molecule has 2 unspecified atom stereocenters. The third-order valence-corrected chi connectivity index (χ3v) is 3.78. The highest BCUT2D eigenvalue weighted by atomic mass is 16.5. The monoisotopic (exact) mass is 278 g/mol. The van der Waals surface area contributed by atoms with Gasteiger partial charge in [-0.05, 0) is 44.5 Å². The highest BCUT2D eigenvalue weighted by molar-refractivity contribution is 5.95. The first kappa shape index (κ1) is 14.7. The molecular weight excluding hydrogens is 256 g/mol. The molecule has 5 nitrogen and oxygen atoms in total. The summed E-state index contributed by atoms with van der Waals surface area (Å²) in [5.74, 6) is 1.63. The van der Waals surface area contributed by atoms with E-state index in [4.69, 9.17) is 9.47 Å². The second-order valence-electron chi connectivity index (χ2n) is 5.12. The quantitative estimate of drug-likeness (QED) is 0.855. The Kier molecular flexibility index (Phi) is 4.84. The van der Waals surface area contributed by atoms with Crippen molar-refractivity contribution in [3.8, 4) is 11.5 Å². The molecule has 0 radical (unpaired) electrons. The van der Waals surface area contributed by atoms with Crippen molar-refractivity contribution in [1.82, 2.24) is 10.6 Å². The van der Waals surface area contributed by atoms with Crippen LogP contribution in [0, 0.1) is 5.92 Å². The maximum absolute atomic E-state index is 12.3. The van der Waals surface area contributed by atoms with Gasteiger partial charge in [-0.3, -0.25) is 4.79 Å². The topological polar surface area (TPSA) is 59.6 Å². The van der Waals surface area contributed by atoms with Crippen LogP contribution in [0.25, 0.3) is 0 Å². The summed E-state index contributed by atoms with van der Waals surface area (Å²) in [5, 5.41) is 6.36. The maximum Gasteiger partial charge on any atom is 0.251 e. The lowest BCUT2D eigenvalue weighted by Crippen LogP contribution is -2.38. The third kappa shape index (κ3) is 3.42. The van der Waals surface area contributed by atoms with E-state index in [1.165, 1.54) is 0 Å². The summed E-state index contributed by atoms with van der Waals surface area (Å²) in [6.45, 7) is 4.04. The van der Waals surface area contributed by atoms with Crippen molar-refractivity contribution in [2.24, 2.45) is 5.92 Å². The molecule has 2 atom stereocenters. The van der Waals surface area contributed by atoms with Gasteiger partial charge in [-0.25, -0.2) is 0 Å². The summed E-state index contributed by atoms with van der Waals surface area (Å²) in [4.78, 5) is 12.3. The zero-order valence-electron chi connectivity index (χ0n) is 12.2. The van der Waals surface area contributed by atoms with Gasteiger partial charge in [-0.15, -0.1) is 0 Å². The fourth-order valence-electron chi connectivity index (χ4n) is 2.45. The molecule has 0 bridgehead atoms. The Labute approximate surface area is 119 Å². The summed E-state index contributed by atoms with van der Waals surface area (Å²) in [7, 11) is 3.15. The van der Waals surface area contributed by atoms with Gasteiger partial charge in [-0.1, -0.05) is 0 Å². The smallest absolute Gasteiger partial charge is 0.251 e. The summed E-state index contributed by atoms with van der Waals surface area (Å²) < 4.78 is 10.4. The Hall–Kier alpha value is -1.75.